The van der Waals surface area contributed by atoms with Gasteiger partial charge in [0.2, 0.25) is 0 Å². The van der Waals surface area contributed by atoms with E-state index in [1.165, 1.54) is 12.8 Å². The fourth-order valence-electron chi connectivity index (χ4n) is 4.64. The minimum atomic E-state index is -1.02. The molecule has 2 aliphatic carbocycles. The lowest BCUT2D eigenvalue weighted by Gasteiger charge is -2.34. The predicted molar refractivity (Wildman–Crippen MR) is 85.3 cm³/mol. The van der Waals surface area contributed by atoms with Crippen molar-refractivity contribution >= 4 is 0 Å². The predicted octanol–water partition coefficient (Wildman–Crippen LogP) is 1.86. The van der Waals surface area contributed by atoms with Crippen LogP contribution in [0.3, 0.4) is 0 Å². The van der Waals surface area contributed by atoms with Crippen LogP contribution in [-0.4, -0.2) is 59.4 Å². The molecule has 2 spiro atoms. The van der Waals surface area contributed by atoms with Crippen LogP contribution in [0.25, 0.3) is 0 Å². The van der Waals surface area contributed by atoms with E-state index >= 15 is 0 Å². The third-order valence-electron chi connectivity index (χ3n) is 6.10. The number of ether oxygens (including phenoxy) is 4. The second-order valence-electron chi connectivity index (χ2n) is 7.86. The summed E-state index contributed by atoms with van der Waals surface area (Å²) in [5.74, 6) is -1.08. The van der Waals surface area contributed by atoms with E-state index in [4.69, 9.17) is 18.9 Å². The van der Waals surface area contributed by atoms with Gasteiger partial charge < -0.3 is 29.2 Å². The molecule has 2 aliphatic heterocycles. The van der Waals surface area contributed by atoms with Crippen LogP contribution < -0.4 is 0 Å². The normalized spacial score (nSPS) is 37.8. The Bertz CT molecular complexity index is 389. The Hall–Kier alpha value is -0.240. The smallest absolute Gasteiger partial charge is 0.169 e. The van der Waals surface area contributed by atoms with Gasteiger partial charge in [-0.2, -0.15) is 0 Å². The van der Waals surface area contributed by atoms with E-state index in [1.54, 1.807) is 0 Å². The molecule has 2 saturated heterocycles. The molecule has 4 rings (SSSR count). The zero-order chi connectivity index (χ0) is 16.6. The van der Waals surface area contributed by atoms with E-state index in [9.17, 15) is 10.2 Å². The molecule has 6 nitrogen and oxygen atoms in total. The van der Waals surface area contributed by atoms with Crippen LogP contribution in [0.15, 0.2) is 0 Å². The molecule has 2 N–H and O–H groups in total. The molecule has 6 heteroatoms. The molecule has 0 aromatic rings. The Kier molecular flexibility index (Phi) is 4.88. The molecule has 0 aromatic carbocycles. The van der Waals surface area contributed by atoms with Crippen molar-refractivity contribution in [3.63, 3.8) is 0 Å². The Morgan fingerprint density at radius 3 is 1.38 bits per heavy atom. The van der Waals surface area contributed by atoms with Gasteiger partial charge in [-0.25, -0.2) is 0 Å². The summed E-state index contributed by atoms with van der Waals surface area (Å²) in [6, 6.07) is 0. The Labute approximate surface area is 143 Å². The number of aliphatic hydroxyl groups excluding tert-OH is 2. The Balaban J connectivity index is 1.34. The molecule has 0 amide bonds. The van der Waals surface area contributed by atoms with E-state index in [1.807, 2.05) is 0 Å². The third-order valence-corrected chi connectivity index (χ3v) is 6.10. The SMILES string of the molecule is O[C@H]([C@H](O)[C@@H]1COC2(CCCCC2)O1)[C@@H]1COC2(CCCCC2)O1. The molecule has 0 unspecified atom stereocenters. The van der Waals surface area contributed by atoms with Crippen molar-refractivity contribution in [2.75, 3.05) is 13.2 Å². The summed E-state index contributed by atoms with van der Waals surface area (Å²) in [6.45, 7) is 0.661. The van der Waals surface area contributed by atoms with Crippen molar-refractivity contribution < 1.29 is 29.2 Å². The van der Waals surface area contributed by atoms with Crippen molar-refractivity contribution in [3.05, 3.63) is 0 Å². The highest BCUT2D eigenvalue weighted by atomic mass is 16.8. The molecule has 0 aromatic heterocycles. The molecule has 4 fully saturated rings. The van der Waals surface area contributed by atoms with Gasteiger partial charge in [-0.05, 0) is 25.7 Å². The monoisotopic (exact) mass is 342 g/mol. The van der Waals surface area contributed by atoms with Crippen molar-refractivity contribution in [1.29, 1.82) is 0 Å². The quantitative estimate of drug-likeness (QED) is 0.815. The Morgan fingerprint density at radius 1 is 0.625 bits per heavy atom. The van der Waals surface area contributed by atoms with Gasteiger partial charge in [-0.15, -0.1) is 0 Å². The van der Waals surface area contributed by atoms with Crippen LogP contribution in [0.2, 0.25) is 0 Å². The van der Waals surface area contributed by atoms with Crippen molar-refractivity contribution in [1.82, 2.24) is 0 Å². The van der Waals surface area contributed by atoms with Crippen LogP contribution in [0.1, 0.15) is 64.2 Å². The molecule has 2 saturated carbocycles. The van der Waals surface area contributed by atoms with Gasteiger partial charge in [0.1, 0.15) is 24.4 Å². The second-order valence-corrected chi connectivity index (χ2v) is 7.86. The molecule has 138 valence electrons. The maximum absolute atomic E-state index is 10.6. The summed E-state index contributed by atoms with van der Waals surface area (Å²) in [4.78, 5) is 0. The maximum Gasteiger partial charge on any atom is 0.169 e. The first kappa shape index (κ1) is 17.2. The number of aliphatic hydroxyl groups is 2. The average Bonchev–Trinajstić information content (AvgIpc) is 3.20. The fourth-order valence-corrected chi connectivity index (χ4v) is 4.64. The van der Waals surface area contributed by atoms with Crippen LogP contribution in [0.5, 0.6) is 0 Å². The molecule has 0 radical (unpaired) electrons. The van der Waals surface area contributed by atoms with Gasteiger partial charge in [-0.3, -0.25) is 0 Å². The van der Waals surface area contributed by atoms with E-state index in [2.05, 4.69) is 0 Å². The second kappa shape index (κ2) is 6.82. The highest BCUT2D eigenvalue weighted by molar-refractivity contribution is 4.93. The minimum absolute atomic E-state index is 0.330. The lowest BCUT2D eigenvalue weighted by atomic mass is 9.94. The van der Waals surface area contributed by atoms with E-state index in [0.29, 0.717) is 13.2 Å². The van der Waals surface area contributed by atoms with Crippen LogP contribution in [-0.2, 0) is 18.9 Å². The van der Waals surface area contributed by atoms with Crippen LogP contribution >= 0.6 is 0 Å². The molecule has 4 atom stereocenters. The van der Waals surface area contributed by atoms with E-state index in [0.717, 1.165) is 51.4 Å². The zero-order valence-electron chi connectivity index (χ0n) is 14.3. The average molecular weight is 342 g/mol. The zero-order valence-corrected chi connectivity index (χ0v) is 14.3. The highest BCUT2D eigenvalue weighted by Crippen LogP contribution is 2.41. The van der Waals surface area contributed by atoms with Crippen LogP contribution in [0, 0.1) is 0 Å². The van der Waals surface area contributed by atoms with Gasteiger partial charge in [0.25, 0.3) is 0 Å². The first-order valence-corrected chi connectivity index (χ1v) is 9.61. The van der Waals surface area contributed by atoms with Crippen LogP contribution in [0.4, 0.5) is 0 Å². The van der Waals surface area contributed by atoms with Gasteiger partial charge in [0, 0.05) is 25.7 Å². The summed E-state index contributed by atoms with van der Waals surface area (Å²) in [6.07, 6.45) is 7.25. The lowest BCUT2D eigenvalue weighted by Crippen LogP contribution is -2.48. The third kappa shape index (κ3) is 3.24. The number of rotatable bonds is 3. The molecule has 2 heterocycles. The van der Waals surface area contributed by atoms with Gasteiger partial charge in [0.15, 0.2) is 11.6 Å². The Morgan fingerprint density at radius 2 is 1.00 bits per heavy atom. The molecule has 4 aliphatic rings. The summed E-state index contributed by atoms with van der Waals surface area (Å²) < 4.78 is 23.8. The van der Waals surface area contributed by atoms with E-state index in [-0.39, 0.29) is 0 Å². The topological polar surface area (TPSA) is 77.4 Å². The highest BCUT2D eigenvalue weighted by Gasteiger charge is 2.50. The van der Waals surface area contributed by atoms with Crippen molar-refractivity contribution in [3.8, 4) is 0 Å². The fraction of sp³-hybridized carbons (Fsp3) is 1.00. The van der Waals surface area contributed by atoms with Gasteiger partial charge in [-0.1, -0.05) is 12.8 Å². The summed E-state index contributed by atoms with van der Waals surface area (Å²) in [7, 11) is 0. The standard InChI is InChI=1S/C18H30O6/c19-15(13-11-21-17(23-13)7-3-1-4-8-17)16(20)14-12-22-18(24-14)9-5-2-6-10-18/h13-16,19-20H,1-12H2/t13-,14-,15-,16+/m0/s1. The summed E-state index contributed by atoms with van der Waals surface area (Å²) in [5, 5.41) is 21.2. The lowest BCUT2D eigenvalue weighted by molar-refractivity contribution is -0.217. The first-order chi connectivity index (χ1) is 11.6. The van der Waals surface area contributed by atoms with E-state index < -0.39 is 36.0 Å². The molecular weight excluding hydrogens is 312 g/mol. The number of hydrogen-bond acceptors (Lipinski definition) is 6. The first-order valence-electron chi connectivity index (χ1n) is 9.61. The summed E-state index contributed by atoms with van der Waals surface area (Å²) in [5.41, 5.74) is 0. The molecule has 24 heavy (non-hydrogen) atoms. The minimum Gasteiger partial charge on any atom is -0.387 e. The van der Waals surface area contributed by atoms with Gasteiger partial charge in [0.05, 0.1) is 13.2 Å². The molecule has 0 bridgehead atoms. The molecular formula is C18H30O6. The number of hydrogen-bond donors (Lipinski definition) is 2. The van der Waals surface area contributed by atoms with Crippen molar-refractivity contribution in [2.24, 2.45) is 0 Å². The summed E-state index contributed by atoms with van der Waals surface area (Å²) >= 11 is 0. The maximum atomic E-state index is 10.6. The largest absolute Gasteiger partial charge is 0.387 e. The van der Waals surface area contributed by atoms with Crippen molar-refractivity contribution in [2.45, 2.75) is 100 Å². The van der Waals surface area contributed by atoms with Gasteiger partial charge >= 0.3 is 0 Å².